The highest BCUT2D eigenvalue weighted by Crippen LogP contribution is 2.41. The molecule has 0 unspecified atom stereocenters. The van der Waals surface area contributed by atoms with Crippen LogP contribution in [0.2, 0.25) is 0 Å². The predicted octanol–water partition coefficient (Wildman–Crippen LogP) is 8.46. The molecule has 4 aromatic rings. The van der Waals surface area contributed by atoms with Crippen LogP contribution in [0.15, 0.2) is 103 Å². The van der Waals surface area contributed by atoms with Gasteiger partial charge in [-0.1, -0.05) is 145 Å². The van der Waals surface area contributed by atoms with Crippen LogP contribution >= 0.6 is 0 Å². The highest BCUT2D eigenvalue weighted by Gasteiger charge is 2.31. The van der Waals surface area contributed by atoms with Crippen LogP contribution in [0.4, 0.5) is 0 Å². The summed E-state index contributed by atoms with van der Waals surface area (Å²) in [6.45, 7) is 14.2. The smallest absolute Gasteiger partial charge is 0.123 e. The molecule has 0 heterocycles. The summed E-state index contributed by atoms with van der Waals surface area (Å²) in [5.74, 6) is 0.342. The minimum atomic E-state index is -0.757. The minimum absolute atomic E-state index is 0.0743. The second-order valence-corrected chi connectivity index (χ2v) is 12.6. The summed E-state index contributed by atoms with van der Waals surface area (Å²) >= 11 is 0. The first-order valence-electron chi connectivity index (χ1n) is 13.9. The molecule has 0 aliphatic heterocycles. The number of benzene rings is 4. The summed E-state index contributed by atoms with van der Waals surface area (Å²) in [5, 5.41) is 23.5. The quantitative estimate of drug-likeness (QED) is 0.244. The van der Waals surface area contributed by atoms with Crippen molar-refractivity contribution in [3.8, 4) is 5.75 Å². The molecule has 0 aliphatic rings. The lowest BCUT2D eigenvalue weighted by Gasteiger charge is -2.37. The monoisotopic (exact) mass is 521 g/mol. The molecule has 0 fully saturated rings. The first-order valence-corrected chi connectivity index (χ1v) is 13.9. The molecule has 3 heteroatoms. The van der Waals surface area contributed by atoms with Gasteiger partial charge in [-0.25, -0.2) is 0 Å². The van der Waals surface area contributed by atoms with E-state index in [4.69, 9.17) is 0 Å². The van der Waals surface area contributed by atoms with E-state index in [0.29, 0.717) is 18.8 Å². The van der Waals surface area contributed by atoms with E-state index in [2.05, 4.69) is 82.8 Å². The van der Waals surface area contributed by atoms with Crippen molar-refractivity contribution < 1.29 is 10.2 Å². The molecule has 0 radical (unpaired) electrons. The third-order valence-corrected chi connectivity index (χ3v) is 7.44. The second-order valence-electron chi connectivity index (χ2n) is 12.6. The van der Waals surface area contributed by atoms with Crippen LogP contribution in [0.1, 0.15) is 87.1 Å². The molecular formula is C36H43NO2. The highest BCUT2D eigenvalue weighted by atomic mass is 16.3. The van der Waals surface area contributed by atoms with Gasteiger partial charge < -0.3 is 10.2 Å². The largest absolute Gasteiger partial charge is 0.507 e. The second kappa shape index (κ2) is 11.8. The molecule has 4 rings (SSSR count). The highest BCUT2D eigenvalue weighted by molar-refractivity contribution is 5.49. The molecule has 2 N–H and O–H groups in total. The topological polar surface area (TPSA) is 43.7 Å². The van der Waals surface area contributed by atoms with Gasteiger partial charge in [-0.3, -0.25) is 4.90 Å². The molecule has 3 nitrogen and oxygen atoms in total. The Bertz CT molecular complexity index is 1340. The number of aliphatic hydroxyl groups is 1. The molecule has 4 aromatic carbocycles. The Kier molecular flexibility index (Phi) is 8.64. The van der Waals surface area contributed by atoms with Crippen LogP contribution in [0.3, 0.4) is 0 Å². The van der Waals surface area contributed by atoms with Gasteiger partial charge in [0.25, 0.3) is 0 Å². The van der Waals surface area contributed by atoms with E-state index < -0.39 is 6.10 Å². The van der Waals surface area contributed by atoms with Crippen LogP contribution in [0, 0.1) is 0 Å². The van der Waals surface area contributed by atoms with Gasteiger partial charge in [-0.05, 0) is 38.6 Å². The van der Waals surface area contributed by atoms with Gasteiger partial charge in [0, 0.05) is 18.7 Å². The zero-order valence-corrected chi connectivity index (χ0v) is 24.2. The number of rotatable bonds is 8. The fraction of sp³-hybridized carbons (Fsp3) is 0.333. The first-order chi connectivity index (χ1) is 18.4. The molecule has 0 spiro atoms. The summed E-state index contributed by atoms with van der Waals surface area (Å²) in [4.78, 5) is 2.30. The van der Waals surface area contributed by atoms with E-state index in [-0.39, 0.29) is 16.9 Å². The molecule has 0 bridgehead atoms. The third kappa shape index (κ3) is 6.98. The van der Waals surface area contributed by atoms with Gasteiger partial charge in [0.15, 0.2) is 0 Å². The average Bonchev–Trinajstić information content (AvgIpc) is 2.90. The molecular weight excluding hydrogens is 478 g/mol. The van der Waals surface area contributed by atoms with E-state index in [9.17, 15) is 10.2 Å². The number of nitrogens with zero attached hydrogens (tertiary/aromatic N) is 1. The Labute approximate surface area is 234 Å². The number of hydrogen-bond acceptors (Lipinski definition) is 3. The van der Waals surface area contributed by atoms with Gasteiger partial charge in [-0.2, -0.15) is 0 Å². The van der Waals surface area contributed by atoms with Crippen LogP contribution in [0.5, 0.6) is 5.75 Å². The molecule has 0 aliphatic carbocycles. The molecule has 0 amide bonds. The van der Waals surface area contributed by atoms with Crippen molar-refractivity contribution >= 4 is 0 Å². The minimum Gasteiger partial charge on any atom is -0.507 e. The standard InChI is InChI=1S/C36H43NO2/c1-35(2,3)30-22-29(33(38)31(23-30)36(4,5)6)25-37(24-26-16-10-7-11-17-26)32(27-18-12-8-13-19-27)34(39)28-20-14-9-15-21-28/h7-23,32,34,38-39H,24-25H2,1-6H3/t32-,34-/m0/s1. The fourth-order valence-electron chi connectivity index (χ4n) is 5.18. The Morgan fingerprint density at radius 2 is 1.15 bits per heavy atom. The van der Waals surface area contributed by atoms with E-state index >= 15 is 0 Å². The van der Waals surface area contributed by atoms with E-state index in [1.165, 1.54) is 5.56 Å². The summed E-state index contributed by atoms with van der Waals surface area (Å²) in [7, 11) is 0. The maximum Gasteiger partial charge on any atom is 0.123 e. The van der Waals surface area contributed by atoms with Crippen molar-refractivity contribution in [2.45, 2.75) is 77.6 Å². The Morgan fingerprint density at radius 1 is 0.641 bits per heavy atom. The van der Waals surface area contributed by atoms with Crippen LogP contribution < -0.4 is 0 Å². The Hall–Kier alpha value is -3.40. The van der Waals surface area contributed by atoms with E-state index in [0.717, 1.165) is 27.8 Å². The van der Waals surface area contributed by atoms with Crippen molar-refractivity contribution in [3.05, 3.63) is 137 Å². The van der Waals surface area contributed by atoms with Crippen LogP contribution in [-0.2, 0) is 23.9 Å². The molecule has 0 saturated carbocycles. The molecule has 204 valence electrons. The lowest BCUT2D eigenvalue weighted by molar-refractivity contribution is 0.0367. The molecule has 0 saturated heterocycles. The van der Waals surface area contributed by atoms with Crippen molar-refractivity contribution in [3.63, 3.8) is 0 Å². The predicted molar refractivity (Wildman–Crippen MR) is 162 cm³/mol. The van der Waals surface area contributed by atoms with E-state index in [1.54, 1.807) is 0 Å². The Morgan fingerprint density at radius 3 is 1.67 bits per heavy atom. The molecule has 2 atom stereocenters. The van der Waals surface area contributed by atoms with Gasteiger partial charge in [0.2, 0.25) is 0 Å². The number of phenolic OH excluding ortho intramolecular Hbond substituents is 1. The number of aromatic hydroxyl groups is 1. The maximum atomic E-state index is 11.9. The fourth-order valence-corrected chi connectivity index (χ4v) is 5.18. The maximum absolute atomic E-state index is 11.9. The summed E-state index contributed by atoms with van der Waals surface area (Å²) < 4.78 is 0. The van der Waals surface area contributed by atoms with Crippen LogP contribution in [-0.4, -0.2) is 15.1 Å². The van der Waals surface area contributed by atoms with Gasteiger partial charge in [0.1, 0.15) is 5.75 Å². The number of phenols is 1. The van der Waals surface area contributed by atoms with Crippen molar-refractivity contribution in [1.29, 1.82) is 0 Å². The lowest BCUT2D eigenvalue weighted by Crippen LogP contribution is -2.33. The first kappa shape index (κ1) is 28.6. The normalized spacial score (nSPS) is 13.8. The summed E-state index contributed by atoms with van der Waals surface area (Å²) in [6, 6.07) is 34.4. The van der Waals surface area contributed by atoms with E-state index in [1.807, 2.05) is 66.7 Å². The summed E-state index contributed by atoms with van der Waals surface area (Å²) in [5.41, 5.74) is 5.79. The van der Waals surface area contributed by atoms with Gasteiger partial charge in [-0.15, -0.1) is 0 Å². The van der Waals surface area contributed by atoms with Crippen molar-refractivity contribution in [1.82, 2.24) is 4.90 Å². The van der Waals surface area contributed by atoms with Crippen molar-refractivity contribution in [2.75, 3.05) is 0 Å². The zero-order valence-electron chi connectivity index (χ0n) is 24.2. The Balaban J connectivity index is 1.88. The number of hydrogen-bond donors (Lipinski definition) is 2. The van der Waals surface area contributed by atoms with Gasteiger partial charge in [0.05, 0.1) is 12.1 Å². The van der Waals surface area contributed by atoms with Crippen molar-refractivity contribution in [2.24, 2.45) is 0 Å². The van der Waals surface area contributed by atoms with Gasteiger partial charge >= 0.3 is 0 Å². The molecule has 0 aromatic heterocycles. The summed E-state index contributed by atoms with van der Waals surface area (Å²) in [6.07, 6.45) is -0.757. The molecule has 39 heavy (non-hydrogen) atoms. The third-order valence-electron chi connectivity index (χ3n) is 7.44. The lowest BCUT2D eigenvalue weighted by atomic mass is 9.78. The van der Waals surface area contributed by atoms with Crippen LogP contribution in [0.25, 0.3) is 0 Å². The average molecular weight is 522 g/mol. The zero-order chi connectivity index (χ0) is 28.2. The SMILES string of the molecule is CC(C)(C)c1cc(CN(Cc2ccccc2)[C@@H](c2ccccc2)[C@@H](O)c2ccccc2)c(O)c(C(C)(C)C)c1. The number of aliphatic hydroxyl groups excluding tert-OH is 1.